The van der Waals surface area contributed by atoms with Crippen molar-refractivity contribution in [2.24, 2.45) is 0 Å². The molecule has 0 atom stereocenters. The molecule has 1 aromatic rings. The Balaban J connectivity index is 2.86. The molecule has 0 amide bonds. The van der Waals surface area contributed by atoms with Crippen LogP contribution in [-0.2, 0) is 0 Å². The fourth-order valence-corrected chi connectivity index (χ4v) is 1.06. The van der Waals surface area contributed by atoms with E-state index in [1.807, 2.05) is 0 Å². The summed E-state index contributed by atoms with van der Waals surface area (Å²) in [5.41, 5.74) is 0.770. The SMILES string of the molecule is Fc1ccc(NCS)cc1Cl. The minimum Gasteiger partial charge on any atom is -0.376 e. The van der Waals surface area contributed by atoms with Gasteiger partial charge in [0.05, 0.1) is 10.9 Å². The fourth-order valence-electron chi connectivity index (χ4n) is 0.697. The third kappa shape index (κ3) is 2.27. The molecule has 60 valence electrons. The molecule has 0 aliphatic rings. The lowest BCUT2D eigenvalue weighted by Crippen LogP contribution is -1.93. The van der Waals surface area contributed by atoms with E-state index in [1.54, 1.807) is 6.07 Å². The molecule has 11 heavy (non-hydrogen) atoms. The summed E-state index contributed by atoms with van der Waals surface area (Å²) in [7, 11) is 0. The largest absolute Gasteiger partial charge is 0.376 e. The highest BCUT2D eigenvalue weighted by atomic mass is 35.5. The standard InChI is InChI=1S/C7H7ClFNS/c8-6-3-5(10-4-11)1-2-7(6)9/h1-3,10-11H,4H2. The van der Waals surface area contributed by atoms with Crippen LogP contribution in [0.2, 0.25) is 5.02 Å². The van der Waals surface area contributed by atoms with Gasteiger partial charge < -0.3 is 5.32 Å². The number of rotatable bonds is 2. The summed E-state index contributed by atoms with van der Waals surface area (Å²) in [5, 5.41) is 3.01. The Morgan fingerprint density at radius 3 is 2.82 bits per heavy atom. The lowest BCUT2D eigenvalue weighted by molar-refractivity contribution is 0.628. The first-order valence-corrected chi connectivity index (χ1v) is 4.05. The molecule has 1 nitrogen and oxygen atoms in total. The Labute approximate surface area is 75.0 Å². The highest BCUT2D eigenvalue weighted by molar-refractivity contribution is 7.80. The topological polar surface area (TPSA) is 12.0 Å². The number of thiol groups is 1. The van der Waals surface area contributed by atoms with Crippen LogP contribution < -0.4 is 5.32 Å². The van der Waals surface area contributed by atoms with Crippen LogP contribution in [0, 0.1) is 5.82 Å². The van der Waals surface area contributed by atoms with Crippen LogP contribution in [0.3, 0.4) is 0 Å². The second kappa shape index (κ2) is 3.83. The highest BCUT2D eigenvalue weighted by Gasteiger charge is 1.98. The van der Waals surface area contributed by atoms with Crippen LogP contribution >= 0.6 is 24.2 Å². The molecular formula is C7H7ClFNS. The van der Waals surface area contributed by atoms with Gasteiger partial charge in [-0.1, -0.05) is 11.6 Å². The van der Waals surface area contributed by atoms with Gasteiger partial charge in [0.1, 0.15) is 5.82 Å². The molecule has 0 unspecified atom stereocenters. The molecule has 1 aromatic carbocycles. The Bertz CT molecular complexity index is 254. The Morgan fingerprint density at radius 1 is 1.55 bits per heavy atom. The number of hydrogen-bond acceptors (Lipinski definition) is 2. The molecule has 0 radical (unpaired) electrons. The molecule has 1 rings (SSSR count). The number of anilines is 1. The van der Waals surface area contributed by atoms with Crippen molar-refractivity contribution >= 4 is 29.9 Å². The smallest absolute Gasteiger partial charge is 0.141 e. The van der Waals surface area contributed by atoms with Crippen molar-refractivity contribution in [1.82, 2.24) is 0 Å². The van der Waals surface area contributed by atoms with E-state index < -0.39 is 5.82 Å². The second-order valence-corrected chi connectivity index (χ2v) is 2.69. The summed E-state index contributed by atoms with van der Waals surface area (Å²) < 4.78 is 12.6. The number of benzene rings is 1. The fraction of sp³-hybridized carbons (Fsp3) is 0.143. The summed E-state index contributed by atoms with van der Waals surface area (Å²) in [6.07, 6.45) is 0. The van der Waals surface area contributed by atoms with Crippen molar-refractivity contribution in [2.75, 3.05) is 11.2 Å². The minimum atomic E-state index is -0.406. The van der Waals surface area contributed by atoms with E-state index in [2.05, 4.69) is 17.9 Å². The maximum Gasteiger partial charge on any atom is 0.141 e. The van der Waals surface area contributed by atoms with Crippen molar-refractivity contribution in [3.8, 4) is 0 Å². The van der Waals surface area contributed by atoms with Gasteiger partial charge in [-0.15, -0.1) is 0 Å². The zero-order chi connectivity index (χ0) is 8.27. The average Bonchev–Trinajstić information content (AvgIpc) is 1.98. The van der Waals surface area contributed by atoms with Gasteiger partial charge in [-0.25, -0.2) is 4.39 Å². The van der Waals surface area contributed by atoms with E-state index in [9.17, 15) is 4.39 Å². The van der Waals surface area contributed by atoms with Crippen molar-refractivity contribution < 1.29 is 4.39 Å². The molecule has 1 N–H and O–H groups in total. The Morgan fingerprint density at radius 2 is 2.27 bits per heavy atom. The molecule has 0 aliphatic heterocycles. The molecule has 0 heterocycles. The van der Waals surface area contributed by atoms with Gasteiger partial charge in [-0.3, -0.25) is 0 Å². The summed E-state index contributed by atoms with van der Waals surface area (Å²) in [6.45, 7) is 0. The third-order valence-corrected chi connectivity index (χ3v) is 1.65. The van der Waals surface area contributed by atoms with E-state index >= 15 is 0 Å². The molecule has 0 saturated carbocycles. The predicted octanol–water partition coefficient (Wildman–Crippen LogP) is 2.78. The van der Waals surface area contributed by atoms with E-state index in [-0.39, 0.29) is 5.02 Å². The molecular weight excluding hydrogens is 185 g/mol. The van der Waals surface area contributed by atoms with Crippen LogP contribution in [-0.4, -0.2) is 5.88 Å². The van der Waals surface area contributed by atoms with E-state index in [0.29, 0.717) is 5.88 Å². The predicted molar refractivity (Wildman–Crippen MR) is 48.9 cm³/mol. The third-order valence-electron chi connectivity index (χ3n) is 1.20. The lowest BCUT2D eigenvalue weighted by atomic mass is 10.3. The highest BCUT2D eigenvalue weighted by Crippen LogP contribution is 2.18. The maximum atomic E-state index is 12.6. The van der Waals surface area contributed by atoms with E-state index in [0.717, 1.165) is 5.69 Å². The van der Waals surface area contributed by atoms with Gasteiger partial charge in [-0.05, 0) is 18.2 Å². The van der Waals surface area contributed by atoms with Crippen molar-refractivity contribution in [1.29, 1.82) is 0 Å². The Hall–Kier alpha value is -0.410. The van der Waals surface area contributed by atoms with Gasteiger partial charge in [0.2, 0.25) is 0 Å². The summed E-state index contributed by atoms with van der Waals surface area (Å²) in [4.78, 5) is 0. The molecule has 0 spiro atoms. The van der Waals surface area contributed by atoms with Crippen LogP contribution in [0.15, 0.2) is 18.2 Å². The van der Waals surface area contributed by atoms with E-state index in [1.165, 1.54) is 12.1 Å². The van der Waals surface area contributed by atoms with Crippen molar-refractivity contribution in [3.63, 3.8) is 0 Å². The molecule has 0 bridgehead atoms. The van der Waals surface area contributed by atoms with Crippen LogP contribution in [0.5, 0.6) is 0 Å². The second-order valence-electron chi connectivity index (χ2n) is 1.96. The van der Waals surface area contributed by atoms with Gasteiger partial charge in [0.15, 0.2) is 0 Å². The first kappa shape index (κ1) is 8.68. The number of hydrogen-bond donors (Lipinski definition) is 2. The minimum absolute atomic E-state index is 0.122. The summed E-state index contributed by atoms with van der Waals surface area (Å²) in [5.74, 6) is 0.0958. The van der Waals surface area contributed by atoms with Gasteiger partial charge >= 0.3 is 0 Å². The van der Waals surface area contributed by atoms with Crippen LogP contribution in [0.25, 0.3) is 0 Å². The zero-order valence-corrected chi connectivity index (χ0v) is 7.29. The normalized spacial score (nSPS) is 9.73. The summed E-state index contributed by atoms with van der Waals surface area (Å²) in [6, 6.07) is 4.44. The molecule has 0 aromatic heterocycles. The first-order valence-electron chi connectivity index (χ1n) is 3.04. The Kier molecular flexibility index (Phi) is 3.02. The molecule has 0 aliphatic carbocycles. The maximum absolute atomic E-state index is 12.6. The monoisotopic (exact) mass is 191 g/mol. The van der Waals surface area contributed by atoms with Gasteiger partial charge in [0.25, 0.3) is 0 Å². The average molecular weight is 192 g/mol. The number of halogens is 2. The zero-order valence-electron chi connectivity index (χ0n) is 5.64. The molecule has 0 saturated heterocycles. The molecule has 0 fully saturated rings. The van der Waals surface area contributed by atoms with Crippen LogP contribution in [0.1, 0.15) is 0 Å². The quantitative estimate of drug-likeness (QED) is 0.541. The van der Waals surface area contributed by atoms with Crippen molar-refractivity contribution in [3.05, 3.63) is 29.0 Å². The van der Waals surface area contributed by atoms with Gasteiger partial charge in [0, 0.05) is 5.69 Å². The van der Waals surface area contributed by atoms with E-state index in [4.69, 9.17) is 11.6 Å². The first-order chi connectivity index (χ1) is 5.24. The molecule has 4 heteroatoms. The van der Waals surface area contributed by atoms with Gasteiger partial charge in [-0.2, -0.15) is 12.6 Å². The van der Waals surface area contributed by atoms with Crippen LogP contribution in [0.4, 0.5) is 10.1 Å². The summed E-state index contributed by atoms with van der Waals surface area (Å²) >= 11 is 9.45. The lowest BCUT2D eigenvalue weighted by Gasteiger charge is -2.02. The van der Waals surface area contributed by atoms with Crippen molar-refractivity contribution in [2.45, 2.75) is 0 Å². The number of nitrogens with one attached hydrogen (secondary N) is 1.